The Morgan fingerprint density at radius 1 is 1.05 bits per heavy atom. The summed E-state index contributed by atoms with van der Waals surface area (Å²) in [6, 6.07) is 16.1. The number of carbonyl (C=O) groups is 1. The zero-order chi connectivity index (χ0) is 14.1. The zero-order valence-corrected chi connectivity index (χ0v) is 10.8. The molecule has 4 nitrogen and oxygen atoms in total. The smallest absolute Gasteiger partial charge is 0.256 e. The van der Waals surface area contributed by atoms with Crippen LogP contribution >= 0.6 is 0 Å². The van der Waals surface area contributed by atoms with Gasteiger partial charge < -0.3 is 15.1 Å². The van der Waals surface area contributed by atoms with Gasteiger partial charge in [-0.15, -0.1) is 0 Å². The first-order valence-corrected chi connectivity index (χ1v) is 6.49. The second-order valence-corrected chi connectivity index (χ2v) is 4.84. The lowest BCUT2D eigenvalue weighted by Crippen LogP contribution is -2.32. The van der Waals surface area contributed by atoms with Crippen LogP contribution in [0.4, 0.5) is 0 Å². The molecule has 1 amide bonds. The first-order chi connectivity index (χ1) is 9.68. The van der Waals surface area contributed by atoms with Crippen LogP contribution in [0, 0.1) is 0 Å². The molecule has 1 heterocycles. The van der Waals surface area contributed by atoms with Gasteiger partial charge in [-0.3, -0.25) is 4.79 Å². The quantitative estimate of drug-likeness (QED) is 0.894. The van der Waals surface area contributed by atoms with Crippen LogP contribution in [0.3, 0.4) is 0 Å². The predicted molar refractivity (Wildman–Crippen MR) is 73.8 cm³/mol. The molecule has 0 saturated heterocycles. The van der Waals surface area contributed by atoms with E-state index in [4.69, 9.17) is 0 Å². The van der Waals surface area contributed by atoms with Gasteiger partial charge in [0.15, 0.2) is 6.23 Å². The van der Waals surface area contributed by atoms with Crippen LogP contribution < -0.4 is 0 Å². The number of β-amino-alcohol motifs (C(OH)–C–C–N with tert-alkyl or cyclic N) is 1. The standard InChI is InChI=1S/C16H15NO3/c18-14(11-6-2-1-3-7-11)10-17-15(19)12-8-4-5-9-13(12)16(17)20/h1-9,14-15,18-19H,10H2/t14-,15-/m0/s1. The lowest BCUT2D eigenvalue weighted by molar-refractivity contribution is -0.00384. The van der Waals surface area contributed by atoms with E-state index in [1.54, 1.807) is 36.4 Å². The van der Waals surface area contributed by atoms with Gasteiger partial charge in [-0.1, -0.05) is 48.5 Å². The van der Waals surface area contributed by atoms with Gasteiger partial charge in [0.2, 0.25) is 0 Å². The normalized spacial score (nSPS) is 19.0. The minimum atomic E-state index is -0.989. The van der Waals surface area contributed by atoms with Gasteiger partial charge in [-0.2, -0.15) is 0 Å². The van der Waals surface area contributed by atoms with Crippen LogP contribution in [0.15, 0.2) is 54.6 Å². The number of fused-ring (bicyclic) bond motifs is 1. The Balaban J connectivity index is 1.82. The Morgan fingerprint density at radius 3 is 2.40 bits per heavy atom. The van der Waals surface area contributed by atoms with E-state index in [9.17, 15) is 15.0 Å². The number of rotatable bonds is 3. The van der Waals surface area contributed by atoms with Crippen molar-refractivity contribution in [3.8, 4) is 0 Å². The van der Waals surface area contributed by atoms with E-state index in [0.29, 0.717) is 11.1 Å². The molecule has 0 unspecified atom stereocenters. The number of hydrogen-bond acceptors (Lipinski definition) is 3. The van der Waals surface area contributed by atoms with Crippen LogP contribution in [0.1, 0.15) is 33.8 Å². The van der Waals surface area contributed by atoms with E-state index < -0.39 is 12.3 Å². The van der Waals surface area contributed by atoms with Gasteiger partial charge >= 0.3 is 0 Å². The van der Waals surface area contributed by atoms with Crippen LogP contribution in [0.2, 0.25) is 0 Å². The Kier molecular flexibility index (Phi) is 3.26. The number of carbonyl (C=O) groups excluding carboxylic acids is 1. The molecule has 2 aromatic carbocycles. The Bertz CT molecular complexity index is 627. The van der Waals surface area contributed by atoms with Crippen molar-refractivity contribution in [1.82, 2.24) is 4.90 Å². The van der Waals surface area contributed by atoms with Gasteiger partial charge in [0.25, 0.3) is 5.91 Å². The summed E-state index contributed by atoms with van der Waals surface area (Å²) in [5.41, 5.74) is 1.82. The van der Waals surface area contributed by atoms with Crippen molar-refractivity contribution in [2.24, 2.45) is 0 Å². The van der Waals surface area contributed by atoms with Gasteiger partial charge in [0.1, 0.15) is 0 Å². The van der Waals surface area contributed by atoms with Crippen molar-refractivity contribution in [2.45, 2.75) is 12.3 Å². The summed E-state index contributed by atoms with van der Waals surface area (Å²) in [6.07, 6.45) is -1.80. The average molecular weight is 269 g/mol. The molecular formula is C16H15NO3. The highest BCUT2D eigenvalue weighted by atomic mass is 16.3. The monoisotopic (exact) mass is 269 g/mol. The van der Waals surface area contributed by atoms with E-state index in [0.717, 1.165) is 5.56 Å². The SMILES string of the molecule is O=C1c2ccccc2[C@H](O)N1C[C@H](O)c1ccccc1. The highest BCUT2D eigenvalue weighted by Gasteiger charge is 2.36. The summed E-state index contributed by atoms with van der Waals surface area (Å²) in [5, 5.41) is 20.4. The second-order valence-electron chi connectivity index (χ2n) is 4.84. The molecule has 0 spiro atoms. The van der Waals surface area contributed by atoms with E-state index in [1.165, 1.54) is 4.90 Å². The van der Waals surface area contributed by atoms with Crippen LogP contribution in [-0.4, -0.2) is 27.6 Å². The Labute approximate surface area is 116 Å². The summed E-state index contributed by atoms with van der Waals surface area (Å²) in [6.45, 7) is 0.0681. The van der Waals surface area contributed by atoms with Crippen LogP contribution in [-0.2, 0) is 0 Å². The molecule has 3 rings (SSSR count). The molecule has 0 bridgehead atoms. The maximum absolute atomic E-state index is 12.2. The zero-order valence-electron chi connectivity index (χ0n) is 10.8. The molecule has 2 N–H and O–H groups in total. The molecule has 0 aromatic heterocycles. The topological polar surface area (TPSA) is 60.8 Å². The lowest BCUT2D eigenvalue weighted by Gasteiger charge is -2.24. The third-order valence-corrected chi connectivity index (χ3v) is 3.58. The summed E-state index contributed by atoms with van der Waals surface area (Å²) < 4.78 is 0. The molecule has 0 saturated carbocycles. The maximum Gasteiger partial charge on any atom is 0.256 e. The van der Waals surface area contributed by atoms with E-state index >= 15 is 0 Å². The van der Waals surface area contributed by atoms with Gasteiger partial charge in [-0.25, -0.2) is 0 Å². The molecule has 1 aliphatic rings. The van der Waals surface area contributed by atoms with Crippen molar-refractivity contribution < 1.29 is 15.0 Å². The highest BCUT2D eigenvalue weighted by Crippen LogP contribution is 2.32. The Hall–Kier alpha value is -2.17. The number of hydrogen-bond donors (Lipinski definition) is 2. The molecule has 0 aliphatic carbocycles. The number of aliphatic hydroxyl groups is 2. The van der Waals surface area contributed by atoms with Crippen molar-refractivity contribution >= 4 is 5.91 Å². The minimum Gasteiger partial charge on any atom is -0.387 e. The summed E-state index contributed by atoms with van der Waals surface area (Å²) in [4.78, 5) is 13.5. The average Bonchev–Trinajstić information content (AvgIpc) is 2.74. The fraction of sp³-hybridized carbons (Fsp3) is 0.188. The predicted octanol–water partition coefficient (Wildman–Crippen LogP) is 1.87. The van der Waals surface area contributed by atoms with Gasteiger partial charge in [0, 0.05) is 11.1 Å². The number of benzene rings is 2. The number of nitrogens with zero attached hydrogens (tertiary/aromatic N) is 1. The molecule has 2 atom stereocenters. The molecule has 1 aliphatic heterocycles. The van der Waals surface area contributed by atoms with Crippen LogP contribution in [0.25, 0.3) is 0 Å². The highest BCUT2D eigenvalue weighted by molar-refractivity contribution is 5.98. The van der Waals surface area contributed by atoms with Crippen LogP contribution in [0.5, 0.6) is 0 Å². The number of aliphatic hydroxyl groups excluding tert-OH is 2. The van der Waals surface area contributed by atoms with Gasteiger partial charge in [0.05, 0.1) is 12.6 Å². The molecule has 102 valence electrons. The molecular weight excluding hydrogens is 254 g/mol. The first kappa shape index (κ1) is 12.8. The van der Waals surface area contributed by atoms with Crippen molar-refractivity contribution in [1.29, 1.82) is 0 Å². The minimum absolute atomic E-state index is 0.0681. The molecule has 20 heavy (non-hydrogen) atoms. The largest absolute Gasteiger partial charge is 0.387 e. The third kappa shape index (κ3) is 2.09. The van der Waals surface area contributed by atoms with E-state index in [1.807, 2.05) is 18.2 Å². The van der Waals surface area contributed by atoms with Crippen molar-refractivity contribution in [3.05, 3.63) is 71.3 Å². The molecule has 0 radical (unpaired) electrons. The second kappa shape index (κ2) is 5.07. The van der Waals surface area contributed by atoms with E-state index in [-0.39, 0.29) is 12.5 Å². The maximum atomic E-state index is 12.2. The van der Waals surface area contributed by atoms with Crippen molar-refractivity contribution in [3.63, 3.8) is 0 Å². The Morgan fingerprint density at radius 2 is 1.70 bits per heavy atom. The van der Waals surface area contributed by atoms with E-state index in [2.05, 4.69) is 0 Å². The number of amides is 1. The first-order valence-electron chi connectivity index (χ1n) is 6.49. The third-order valence-electron chi connectivity index (χ3n) is 3.58. The molecule has 0 fully saturated rings. The molecule has 4 heteroatoms. The summed E-state index contributed by atoms with van der Waals surface area (Å²) >= 11 is 0. The van der Waals surface area contributed by atoms with Gasteiger partial charge in [-0.05, 0) is 11.6 Å². The summed E-state index contributed by atoms with van der Waals surface area (Å²) in [7, 11) is 0. The fourth-order valence-corrected chi connectivity index (χ4v) is 2.50. The fourth-order valence-electron chi connectivity index (χ4n) is 2.50. The lowest BCUT2D eigenvalue weighted by atomic mass is 10.1. The summed E-state index contributed by atoms with van der Waals surface area (Å²) in [5.74, 6) is -0.247. The molecule has 2 aromatic rings. The van der Waals surface area contributed by atoms with Crippen molar-refractivity contribution in [2.75, 3.05) is 6.54 Å².